The van der Waals surface area contributed by atoms with Gasteiger partial charge >= 0.3 is 7.12 Å². The molecule has 0 aromatic heterocycles. The lowest BCUT2D eigenvalue weighted by Crippen LogP contribution is -2.31. The summed E-state index contributed by atoms with van der Waals surface area (Å²) in [7, 11) is 1.96. The molecule has 2 N–H and O–H groups in total. The number of hydrogen-bond donors (Lipinski definition) is 2. The fourth-order valence-corrected chi connectivity index (χ4v) is 1.76. The molecular weight excluding hydrogens is 245 g/mol. The van der Waals surface area contributed by atoms with Gasteiger partial charge in [0.25, 0.3) is 0 Å². The molecule has 0 spiro atoms. The van der Waals surface area contributed by atoms with Crippen molar-refractivity contribution >= 4 is 12.6 Å². The molecule has 1 rings (SSSR count). The van der Waals surface area contributed by atoms with Crippen LogP contribution in [0.25, 0.3) is 0 Å². The summed E-state index contributed by atoms with van der Waals surface area (Å²) in [5, 5.41) is 18.1. The summed E-state index contributed by atoms with van der Waals surface area (Å²) >= 11 is 0. The van der Waals surface area contributed by atoms with E-state index < -0.39 is 7.12 Å². The Morgan fingerprint density at radius 3 is 1.95 bits per heavy atom. The van der Waals surface area contributed by atoms with E-state index in [9.17, 15) is 0 Å². The predicted molar refractivity (Wildman–Crippen MR) is 75.3 cm³/mol. The lowest BCUT2D eigenvalue weighted by molar-refractivity contribution is 0.110. The van der Waals surface area contributed by atoms with E-state index in [2.05, 4.69) is 4.90 Å². The van der Waals surface area contributed by atoms with Crippen LogP contribution in [-0.2, 0) is 16.0 Å². The molecule has 5 nitrogen and oxygen atoms in total. The van der Waals surface area contributed by atoms with E-state index in [-0.39, 0.29) is 0 Å². The van der Waals surface area contributed by atoms with Gasteiger partial charge in [-0.15, -0.1) is 0 Å². The third-order valence-electron chi connectivity index (χ3n) is 2.91. The third kappa shape index (κ3) is 6.18. The average Bonchev–Trinajstić information content (AvgIpc) is 2.42. The molecule has 0 aliphatic rings. The Bertz CT molecular complexity index is 337. The summed E-state index contributed by atoms with van der Waals surface area (Å²) in [6.07, 6.45) is 0. The second-order valence-corrected chi connectivity index (χ2v) is 4.38. The SMILES string of the molecule is COCCN(CCOC)Cc1ccc(B(O)O)cc1. The van der Waals surface area contributed by atoms with Crippen LogP contribution in [0.2, 0.25) is 0 Å². The van der Waals surface area contributed by atoms with Crippen LogP contribution in [0.5, 0.6) is 0 Å². The summed E-state index contributed by atoms with van der Waals surface area (Å²) in [6, 6.07) is 7.26. The second-order valence-electron chi connectivity index (χ2n) is 4.38. The lowest BCUT2D eigenvalue weighted by atomic mass is 9.80. The fraction of sp³-hybridized carbons (Fsp3) is 0.538. The van der Waals surface area contributed by atoms with Crippen LogP contribution >= 0.6 is 0 Å². The first-order valence-corrected chi connectivity index (χ1v) is 6.32. The van der Waals surface area contributed by atoms with Gasteiger partial charge in [-0.1, -0.05) is 24.3 Å². The standard InChI is InChI=1S/C13H22BNO4/c1-18-9-7-15(8-10-19-2)11-12-3-5-13(6-4-12)14(16)17/h3-6,16-17H,7-11H2,1-2H3. The highest BCUT2D eigenvalue weighted by Crippen LogP contribution is 2.03. The van der Waals surface area contributed by atoms with E-state index in [0.717, 1.165) is 25.2 Å². The number of nitrogens with zero attached hydrogens (tertiary/aromatic N) is 1. The summed E-state index contributed by atoms with van der Waals surface area (Å²) in [6.45, 7) is 3.82. The van der Waals surface area contributed by atoms with Crippen molar-refractivity contribution in [3.05, 3.63) is 29.8 Å². The molecule has 19 heavy (non-hydrogen) atoms. The number of methoxy groups -OCH3 is 2. The summed E-state index contributed by atoms with van der Waals surface area (Å²) in [5.41, 5.74) is 1.63. The first-order chi connectivity index (χ1) is 9.17. The maximum absolute atomic E-state index is 9.04. The van der Waals surface area contributed by atoms with E-state index in [1.807, 2.05) is 12.1 Å². The van der Waals surface area contributed by atoms with Crippen LogP contribution in [0.4, 0.5) is 0 Å². The number of hydrogen-bond acceptors (Lipinski definition) is 5. The van der Waals surface area contributed by atoms with Crippen molar-refractivity contribution in [2.45, 2.75) is 6.54 Å². The van der Waals surface area contributed by atoms with Gasteiger partial charge in [-0.05, 0) is 11.0 Å². The highest BCUT2D eigenvalue weighted by molar-refractivity contribution is 6.58. The van der Waals surface area contributed by atoms with Crippen LogP contribution in [0, 0.1) is 0 Å². The Morgan fingerprint density at radius 2 is 1.53 bits per heavy atom. The van der Waals surface area contributed by atoms with Gasteiger partial charge in [0.15, 0.2) is 0 Å². The molecule has 0 fully saturated rings. The summed E-state index contributed by atoms with van der Waals surface area (Å²) < 4.78 is 10.2. The molecule has 6 heteroatoms. The molecule has 0 saturated heterocycles. The van der Waals surface area contributed by atoms with Gasteiger partial charge in [0.05, 0.1) is 13.2 Å². The Labute approximate surface area is 114 Å². The van der Waals surface area contributed by atoms with Crippen LogP contribution in [0.1, 0.15) is 5.56 Å². The zero-order chi connectivity index (χ0) is 14.1. The van der Waals surface area contributed by atoms with E-state index in [1.54, 1.807) is 26.4 Å². The highest BCUT2D eigenvalue weighted by atomic mass is 16.5. The molecule has 0 aliphatic carbocycles. The normalized spacial score (nSPS) is 11.0. The van der Waals surface area contributed by atoms with E-state index in [1.165, 1.54) is 0 Å². The number of rotatable bonds is 9. The maximum Gasteiger partial charge on any atom is 0.488 e. The quantitative estimate of drug-likeness (QED) is 0.588. The smallest absolute Gasteiger partial charge is 0.423 e. The van der Waals surface area contributed by atoms with Crippen LogP contribution in [-0.4, -0.2) is 62.6 Å². The molecule has 1 aromatic carbocycles. The molecule has 0 unspecified atom stereocenters. The van der Waals surface area contributed by atoms with Gasteiger partial charge in [0.1, 0.15) is 0 Å². The average molecular weight is 267 g/mol. The molecule has 0 bridgehead atoms. The van der Waals surface area contributed by atoms with Gasteiger partial charge in [-0.2, -0.15) is 0 Å². The highest BCUT2D eigenvalue weighted by Gasteiger charge is 2.11. The molecule has 106 valence electrons. The first kappa shape index (κ1) is 16.1. The Balaban J connectivity index is 2.56. The summed E-state index contributed by atoms with van der Waals surface area (Å²) in [4.78, 5) is 2.23. The van der Waals surface area contributed by atoms with Gasteiger partial charge in [-0.3, -0.25) is 4.90 Å². The Kier molecular flexibility index (Phi) is 7.70. The minimum atomic E-state index is -1.41. The van der Waals surface area contributed by atoms with Crippen molar-refractivity contribution in [1.82, 2.24) is 4.90 Å². The largest absolute Gasteiger partial charge is 0.488 e. The monoisotopic (exact) mass is 267 g/mol. The van der Waals surface area contributed by atoms with Crippen LogP contribution < -0.4 is 5.46 Å². The van der Waals surface area contributed by atoms with E-state index in [0.29, 0.717) is 18.7 Å². The minimum Gasteiger partial charge on any atom is -0.423 e. The zero-order valence-electron chi connectivity index (χ0n) is 11.6. The van der Waals surface area contributed by atoms with Crippen LogP contribution in [0.15, 0.2) is 24.3 Å². The minimum absolute atomic E-state index is 0.504. The van der Waals surface area contributed by atoms with Crippen molar-refractivity contribution in [1.29, 1.82) is 0 Å². The zero-order valence-corrected chi connectivity index (χ0v) is 11.6. The molecule has 0 aliphatic heterocycles. The Morgan fingerprint density at radius 1 is 1.00 bits per heavy atom. The molecule has 0 amide bonds. The van der Waals surface area contributed by atoms with E-state index >= 15 is 0 Å². The lowest BCUT2D eigenvalue weighted by Gasteiger charge is -2.21. The molecule has 0 atom stereocenters. The Hall–Kier alpha value is -0.915. The first-order valence-electron chi connectivity index (χ1n) is 6.32. The van der Waals surface area contributed by atoms with Crippen molar-refractivity contribution in [3.8, 4) is 0 Å². The van der Waals surface area contributed by atoms with Crippen molar-refractivity contribution in [2.24, 2.45) is 0 Å². The van der Waals surface area contributed by atoms with Crippen molar-refractivity contribution in [2.75, 3.05) is 40.5 Å². The third-order valence-corrected chi connectivity index (χ3v) is 2.91. The molecule has 0 saturated carbocycles. The van der Waals surface area contributed by atoms with Gasteiger partial charge < -0.3 is 19.5 Å². The molecule has 0 heterocycles. The van der Waals surface area contributed by atoms with Crippen LogP contribution in [0.3, 0.4) is 0 Å². The maximum atomic E-state index is 9.04. The topological polar surface area (TPSA) is 62.2 Å². The summed E-state index contributed by atoms with van der Waals surface area (Å²) in [5.74, 6) is 0. The van der Waals surface area contributed by atoms with E-state index in [4.69, 9.17) is 19.5 Å². The van der Waals surface area contributed by atoms with Gasteiger partial charge in [0.2, 0.25) is 0 Å². The fourth-order valence-electron chi connectivity index (χ4n) is 1.76. The van der Waals surface area contributed by atoms with Gasteiger partial charge in [-0.25, -0.2) is 0 Å². The van der Waals surface area contributed by atoms with Gasteiger partial charge in [0, 0.05) is 33.9 Å². The number of ether oxygens (including phenoxy) is 2. The molecule has 1 aromatic rings. The predicted octanol–water partition coefficient (Wildman–Crippen LogP) is -0.539. The molecule has 0 radical (unpaired) electrons. The van der Waals surface area contributed by atoms with Crippen molar-refractivity contribution < 1.29 is 19.5 Å². The van der Waals surface area contributed by atoms with Crippen molar-refractivity contribution in [3.63, 3.8) is 0 Å². The number of benzene rings is 1. The molecular formula is C13H22BNO4. The second kappa shape index (κ2) is 9.06.